The summed E-state index contributed by atoms with van der Waals surface area (Å²) in [6, 6.07) is 8.35. The van der Waals surface area contributed by atoms with Crippen LogP contribution in [0.4, 0.5) is 0 Å². The third kappa shape index (κ3) is 7.01. The van der Waals surface area contributed by atoms with Crippen LogP contribution in [0.25, 0.3) is 11.5 Å². The first kappa shape index (κ1) is 21.5. The Morgan fingerprint density at radius 2 is 1.89 bits per heavy atom. The Hall–Kier alpha value is -1.82. The van der Waals surface area contributed by atoms with E-state index in [9.17, 15) is 4.79 Å². The highest BCUT2D eigenvalue weighted by molar-refractivity contribution is 7.99. The maximum Gasteiger partial charge on any atom is 0.277 e. The summed E-state index contributed by atoms with van der Waals surface area (Å²) in [7, 11) is 0. The second kappa shape index (κ2) is 9.93. The standard InChI is InChI=1S/C21H31N3O2S/c1-6-7-8-9-15(2)22-18(25)14-27-20-24-23-19(26-20)16-10-12-17(13-11-16)21(3,4)5/h10-13,15H,6-9,14H2,1-5H3,(H,22,25). The summed E-state index contributed by atoms with van der Waals surface area (Å²) in [6.07, 6.45) is 4.55. The molecule has 1 heterocycles. The van der Waals surface area contributed by atoms with E-state index in [1.807, 2.05) is 19.1 Å². The molecule has 6 heteroatoms. The number of thioether (sulfide) groups is 1. The Bertz CT molecular complexity index is 720. The lowest BCUT2D eigenvalue weighted by Crippen LogP contribution is -2.33. The molecule has 1 N–H and O–H groups in total. The van der Waals surface area contributed by atoms with E-state index < -0.39 is 0 Å². The van der Waals surface area contributed by atoms with Crippen LogP contribution in [0.2, 0.25) is 0 Å². The van der Waals surface area contributed by atoms with Crippen molar-refractivity contribution >= 4 is 17.7 Å². The Morgan fingerprint density at radius 1 is 1.19 bits per heavy atom. The maximum atomic E-state index is 12.0. The molecule has 5 nitrogen and oxygen atoms in total. The summed E-state index contributed by atoms with van der Waals surface area (Å²) in [5, 5.41) is 11.6. The summed E-state index contributed by atoms with van der Waals surface area (Å²) in [4.78, 5) is 12.0. The van der Waals surface area contributed by atoms with Crippen molar-refractivity contribution in [2.45, 2.75) is 77.0 Å². The van der Waals surface area contributed by atoms with Crippen LogP contribution < -0.4 is 5.32 Å². The van der Waals surface area contributed by atoms with Gasteiger partial charge in [-0.05, 0) is 36.5 Å². The minimum absolute atomic E-state index is 0.00159. The molecule has 27 heavy (non-hydrogen) atoms. The molecule has 0 radical (unpaired) electrons. The van der Waals surface area contributed by atoms with Crippen LogP contribution in [0, 0.1) is 0 Å². The number of carbonyl (C=O) groups is 1. The summed E-state index contributed by atoms with van der Waals surface area (Å²) in [5.74, 6) is 0.757. The van der Waals surface area contributed by atoms with Gasteiger partial charge in [-0.3, -0.25) is 4.79 Å². The molecule has 1 unspecified atom stereocenters. The predicted octanol–water partition coefficient (Wildman–Crippen LogP) is 5.21. The highest BCUT2D eigenvalue weighted by atomic mass is 32.2. The quantitative estimate of drug-likeness (QED) is 0.471. The normalized spacial score (nSPS) is 12.8. The largest absolute Gasteiger partial charge is 0.411 e. The second-order valence-corrected chi connectivity index (χ2v) is 8.88. The fourth-order valence-electron chi connectivity index (χ4n) is 2.71. The SMILES string of the molecule is CCCCCC(C)NC(=O)CSc1nnc(-c2ccc(C(C)(C)C)cc2)o1. The molecular weight excluding hydrogens is 358 g/mol. The molecule has 2 aromatic rings. The minimum atomic E-state index is -0.00159. The highest BCUT2D eigenvalue weighted by Crippen LogP contribution is 2.27. The molecule has 0 saturated heterocycles. The van der Waals surface area contributed by atoms with Gasteiger partial charge in [-0.15, -0.1) is 10.2 Å². The summed E-state index contributed by atoms with van der Waals surface area (Å²) in [5.41, 5.74) is 2.25. The van der Waals surface area contributed by atoms with E-state index in [1.54, 1.807) is 0 Å². The third-order valence-electron chi connectivity index (χ3n) is 4.38. The van der Waals surface area contributed by atoms with Gasteiger partial charge in [-0.2, -0.15) is 0 Å². The number of hydrogen-bond acceptors (Lipinski definition) is 5. The zero-order valence-corrected chi connectivity index (χ0v) is 17.9. The van der Waals surface area contributed by atoms with Crippen molar-refractivity contribution in [3.63, 3.8) is 0 Å². The van der Waals surface area contributed by atoms with Crippen LogP contribution in [0.3, 0.4) is 0 Å². The van der Waals surface area contributed by atoms with E-state index >= 15 is 0 Å². The van der Waals surface area contributed by atoms with E-state index in [-0.39, 0.29) is 23.1 Å². The minimum Gasteiger partial charge on any atom is -0.411 e. The first-order valence-corrected chi connectivity index (χ1v) is 10.6. The Balaban J connectivity index is 1.84. The first-order chi connectivity index (χ1) is 12.8. The molecular formula is C21H31N3O2S. The van der Waals surface area contributed by atoms with Crippen molar-refractivity contribution in [2.24, 2.45) is 0 Å². The van der Waals surface area contributed by atoms with Gasteiger partial charge in [0.2, 0.25) is 11.8 Å². The average Bonchev–Trinajstić information content (AvgIpc) is 3.08. The van der Waals surface area contributed by atoms with E-state index in [1.165, 1.54) is 30.2 Å². The number of amides is 1. The Labute approximate surface area is 166 Å². The lowest BCUT2D eigenvalue weighted by Gasteiger charge is -2.18. The van der Waals surface area contributed by atoms with Crippen molar-refractivity contribution in [1.29, 1.82) is 0 Å². The van der Waals surface area contributed by atoms with Gasteiger partial charge in [0.1, 0.15) is 0 Å². The Kier molecular flexibility index (Phi) is 7.90. The number of aromatic nitrogens is 2. The van der Waals surface area contributed by atoms with Gasteiger partial charge in [0.15, 0.2) is 0 Å². The molecule has 0 aliphatic carbocycles. The molecule has 1 amide bonds. The van der Waals surface area contributed by atoms with Gasteiger partial charge in [0.05, 0.1) is 5.75 Å². The number of hydrogen-bond donors (Lipinski definition) is 1. The van der Waals surface area contributed by atoms with Crippen molar-refractivity contribution in [2.75, 3.05) is 5.75 Å². The zero-order chi connectivity index (χ0) is 19.9. The van der Waals surface area contributed by atoms with Crippen LogP contribution in [-0.4, -0.2) is 27.9 Å². The van der Waals surface area contributed by atoms with Crippen molar-refractivity contribution in [1.82, 2.24) is 15.5 Å². The molecule has 0 bridgehead atoms. The third-order valence-corrected chi connectivity index (χ3v) is 5.20. The molecule has 0 spiro atoms. The number of unbranched alkanes of at least 4 members (excludes halogenated alkanes) is 2. The molecule has 1 aromatic carbocycles. The second-order valence-electron chi connectivity index (χ2n) is 7.95. The van der Waals surface area contributed by atoms with Crippen LogP contribution in [0.5, 0.6) is 0 Å². The smallest absolute Gasteiger partial charge is 0.277 e. The number of nitrogens with one attached hydrogen (secondary N) is 1. The van der Waals surface area contributed by atoms with Crippen molar-refractivity contribution in [3.8, 4) is 11.5 Å². The summed E-state index contributed by atoms with van der Waals surface area (Å²) < 4.78 is 5.69. The van der Waals surface area contributed by atoms with Gasteiger partial charge in [0, 0.05) is 11.6 Å². The Morgan fingerprint density at radius 3 is 2.52 bits per heavy atom. The molecule has 0 saturated carbocycles. The lowest BCUT2D eigenvalue weighted by molar-refractivity contribution is -0.119. The van der Waals surface area contributed by atoms with Gasteiger partial charge >= 0.3 is 0 Å². The number of benzene rings is 1. The fourth-order valence-corrected chi connectivity index (χ4v) is 3.29. The topological polar surface area (TPSA) is 68.0 Å². The van der Waals surface area contributed by atoms with Gasteiger partial charge in [-0.1, -0.05) is 70.9 Å². The van der Waals surface area contributed by atoms with Gasteiger partial charge < -0.3 is 9.73 Å². The van der Waals surface area contributed by atoms with E-state index in [0.717, 1.165) is 18.4 Å². The van der Waals surface area contributed by atoms with E-state index in [0.29, 0.717) is 11.1 Å². The van der Waals surface area contributed by atoms with Crippen LogP contribution in [0.1, 0.15) is 65.9 Å². The van der Waals surface area contributed by atoms with Gasteiger partial charge in [0.25, 0.3) is 5.22 Å². The number of nitrogens with zero attached hydrogens (tertiary/aromatic N) is 2. The average molecular weight is 390 g/mol. The van der Waals surface area contributed by atoms with Crippen LogP contribution >= 0.6 is 11.8 Å². The molecule has 2 rings (SSSR count). The molecule has 0 aliphatic heterocycles. The number of carbonyl (C=O) groups excluding carboxylic acids is 1. The highest BCUT2D eigenvalue weighted by Gasteiger charge is 2.15. The molecule has 148 valence electrons. The maximum absolute atomic E-state index is 12.0. The van der Waals surface area contributed by atoms with E-state index in [2.05, 4.69) is 55.3 Å². The summed E-state index contributed by atoms with van der Waals surface area (Å²) in [6.45, 7) is 10.8. The monoisotopic (exact) mass is 389 g/mol. The first-order valence-electron chi connectivity index (χ1n) is 9.66. The number of rotatable bonds is 9. The van der Waals surface area contributed by atoms with Gasteiger partial charge in [-0.25, -0.2) is 0 Å². The summed E-state index contributed by atoms with van der Waals surface area (Å²) >= 11 is 1.27. The molecule has 1 aromatic heterocycles. The van der Waals surface area contributed by atoms with E-state index in [4.69, 9.17) is 4.42 Å². The van der Waals surface area contributed by atoms with Crippen LogP contribution in [-0.2, 0) is 10.2 Å². The molecule has 1 atom stereocenters. The predicted molar refractivity (Wildman–Crippen MR) is 111 cm³/mol. The van der Waals surface area contributed by atoms with Crippen molar-refractivity contribution in [3.05, 3.63) is 29.8 Å². The molecule has 0 aliphatic rings. The lowest BCUT2D eigenvalue weighted by atomic mass is 9.87. The zero-order valence-electron chi connectivity index (χ0n) is 17.0. The van der Waals surface area contributed by atoms with Crippen molar-refractivity contribution < 1.29 is 9.21 Å². The fraction of sp³-hybridized carbons (Fsp3) is 0.571. The molecule has 0 fully saturated rings. The van der Waals surface area contributed by atoms with Crippen LogP contribution in [0.15, 0.2) is 33.9 Å².